The number of hydrogen-bond donors (Lipinski definition) is 1. The van der Waals surface area contributed by atoms with Gasteiger partial charge >= 0.3 is 0 Å². The van der Waals surface area contributed by atoms with Gasteiger partial charge in [0.15, 0.2) is 0 Å². The first kappa shape index (κ1) is 26.8. The Hall–Kier alpha value is -2.23. The van der Waals surface area contributed by atoms with Gasteiger partial charge in [-0.15, -0.1) is 0 Å². The first-order valence-electron chi connectivity index (χ1n) is 11.0. The van der Waals surface area contributed by atoms with Crippen LogP contribution in [0.5, 0.6) is 0 Å². The van der Waals surface area contributed by atoms with Gasteiger partial charge < -0.3 is 10.2 Å². The molecule has 1 saturated heterocycles. The topological polar surface area (TPSA) is 64.8 Å². The van der Waals surface area contributed by atoms with Crippen LogP contribution in [0, 0.1) is 18.3 Å². The van der Waals surface area contributed by atoms with Gasteiger partial charge in [0.05, 0.1) is 22.9 Å². The van der Waals surface area contributed by atoms with E-state index in [9.17, 15) is 0 Å². The van der Waals surface area contributed by atoms with Gasteiger partial charge in [0, 0.05) is 30.7 Å². The molecule has 1 aliphatic heterocycles. The van der Waals surface area contributed by atoms with Crippen molar-refractivity contribution >= 4 is 26.2 Å². The van der Waals surface area contributed by atoms with E-state index in [1.807, 2.05) is 44.2 Å². The van der Waals surface area contributed by atoms with Crippen molar-refractivity contribution < 1.29 is 0 Å². The Morgan fingerprint density at radius 3 is 2.58 bits per heavy atom. The summed E-state index contributed by atoms with van der Waals surface area (Å²) < 4.78 is 1.06. The highest BCUT2D eigenvalue weighted by atomic mass is 79.9. The molecule has 1 aliphatic rings. The van der Waals surface area contributed by atoms with Gasteiger partial charge in [0.1, 0.15) is 12.1 Å². The summed E-state index contributed by atoms with van der Waals surface area (Å²) in [5.74, 6) is 1.03. The molecule has 0 amide bonds. The predicted molar refractivity (Wildman–Crippen MR) is 136 cm³/mol. The third kappa shape index (κ3) is 9.63. The van der Waals surface area contributed by atoms with Gasteiger partial charge in [0.25, 0.3) is 0 Å². The first-order valence-corrected chi connectivity index (χ1v) is 11.8. The molecule has 1 aromatic rings. The summed E-state index contributed by atoms with van der Waals surface area (Å²) in [6, 6.07) is 2.18. The van der Waals surface area contributed by atoms with Crippen molar-refractivity contribution in [2.24, 2.45) is 0 Å². The Labute approximate surface area is 196 Å². The molecule has 0 aromatic carbocycles. The molecule has 0 aliphatic carbocycles. The van der Waals surface area contributed by atoms with Crippen LogP contribution in [0.15, 0.2) is 47.9 Å². The van der Waals surface area contributed by atoms with E-state index in [4.69, 9.17) is 5.26 Å². The summed E-state index contributed by atoms with van der Waals surface area (Å²) >= 11 is 3.59. The lowest BCUT2D eigenvalue weighted by atomic mass is 10.1. The minimum atomic E-state index is 0.737. The van der Waals surface area contributed by atoms with Crippen LogP contribution in [-0.2, 0) is 0 Å². The van der Waals surface area contributed by atoms with Crippen LogP contribution < -0.4 is 10.2 Å². The number of aromatic nitrogens is 2. The molecule has 31 heavy (non-hydrogen) atoms. The molecular formula is C25H36BrN5. The molecular weight excluding hydrogens is 450 g/mol. The molecule has 0 saturated carbocycles. The lowest BCUT2D eigenvalue weighted by Gasteiger charge is -2.30. The van der Waals surface area contributed by atoms with E-state index in [1.165, 1.54) is 5.57 Å². The van der Waals surface area contributed by atoms with Crippen molar-refractivity contribution in [1.29, 1.82) is 5.26 Å². The Balaban J connectivity index is 0.000000318. The predicted octanol–water partition coefficient (Wildman–Crippen LogP) is 6.10. The third-order valence-corrected chi connectivity index (χ3v) is 5.60. The molecule has 0 bridgehead atoms. The molecule has 2 heterocycles. The fourth-order valence-corrected chi connectivity index (χ4v) is 3.62. The van der Waals surface area contributed by atoms with E-state index in [2.05, 4.69) is 63.0 Å². The largest absolute Gasteiger partial charge is 0.353 e. The fourth-order valence-electron chi connectivity index (χ4n) is 3.16. The standard InChI is InChI=1S/C13H19N.C12H17BrN4/c1-4-6-7-9-13(11-14)10-12(3)8-5-2;1-3-10(13)11-9(2)15-8-16-12(11)17-6-4-14-5-7-17/h6-7,9-10H,4-5,8H2,1-3H3;3,8,14H,4-7H2,1-2H3/b7-6+,12-10+,13-9+;10-3+. The SMILES string of the molecule is C/C=C(/Br)c1c(C)ncnc1N1CCNCC1.CC/C=C/C=C(C#N)\C=C(/C)CCC. The van der Waals surface area contributed by atoms with E-state index in [1.54, 1.807) is 6.33 Å². The second-order valence-corrected chi connectivity index (χ2v) is 8.20. The maximum absolute atomic E-state index is 8.85. The van der Waals surface area contributed by atoms with Crippen molar-refractivity contribution in [1.82, 2.24) is 15.3 Å². The molecule has 168 valence electrons. The zero-order valence-corrected chi connectivity index (χ0v) is 21.2. The quantitative estimate of drug-likeness (QED) is 0.373. The number of hydrogen-bond acceptors (Lipinski definition) is 5. The zero-order valence-electron chi connectivity index (χ0n) is 19.6. The number of allylic oxidation sites excluding steroid dienone is 7. The minimum absolute atomic E-state index is 0.737. The third-order valence-electron chi connectivity index (χ3n) is 4.75. The van der Waals surface area contributed by atoms with Crippen LogP contribution in [0.2, 0.25) is 0 Å². The summed E-state index contributed by atoms with van der Waals surface area (Å²) in [6.07, 6.45) is 14.7. The van der Waals surface area contributed by atoms with Crippen LogP contribution in [0.25, 0.3) is 4.48 Å². The van der Waals surface area contributed by atoms with Gasteiger partial charge in [-0.25, -0.2) is 9.97 Å². The van der Waals surface area contributed by atoms with E-state index in [-0.39, 0.29) is 0 Å². The molecule has 1 aromatic heterocycles. The Kier molecular flexibility index (Phi) is 13.4. The van der Waals surface area contributed by atoms with Crippen LogP contribution in [0.3, 0.4) is 0 Å². The van der Waals surface area contributed by atoms with Gasteiger partial charge in [-0.3, -0.25) is 0 Å². The number of nitrogens with zero attached hydrogens (tertiary/aromatic N) is 4. The highest BCUT2D eigenvalue weighted by Crippen LogP contribution is 2.31. The number of piperazine rings is 1. The summed E-state index contributed by atoms with van der Waals surface area (Å²) in [5, 5.41) is 12.2. The zero-order chi connectivity index (χ0) is 23.1. The average molecular weight is 487 g/mol. The van der Waals surface area contributed by atoms with Crippen LogP contribution in [0.1, 0.15) is 58.2 Å². The van der Waals surface area contributed by atoms with E-state index >= 15 is 0 Å². The normalized spacial score (nSPS) is 15.5. The summed E-state index contributed by atoms with van der Waals surface area (Å²) in [4.78, 5) is 11.0. The molecule has 2 rings (SSSR count). The van der Waals surface area contributed by atoms with Crippen LogP contribution >= 0.6 is 15.9 Å². The molecule has 0 spiro atoms. The van der Waals surface area contributed by atoms with Gasteiger partial charge in [-0.2, -0.15) is 5.26 Å². The summed E-state index contributed by atoms with van der Waals surface area (Å²) in [7, 11) is 0. The lowest BCUT2D eigenvalue weighted by Crippen LogP contribution is -2.44. The molecule has 1 fully saturated rings. The lowest BCUT2D eigenvalue weighted by molar-refractivity contribution is 0.584. The van der Waals surface area contributed by atoms with E-state index < -0.39 is 0 Å². The molecule has 0 unspecified atom stereocenters. The van der Waals surface area contributed by atoms with Gasteiger partial charge in [-0.1, -0.05) is 60.0 Å². The Morgan fingerprint density at radius 2 is 2.00 bits per heavy atom. The van der Waals surface area contributed by atoms with Crippen molar-refractivity contribution in [3.8, 4) is 6.07 Å². The molecule has 5 nitrogen and oxygen atoms in total. The number of halogens is 1. The van der Waals surface area contributed by atoms with E-state index in [0.717, 1.165) is 72.6 Å². The molecule has 6 heteroatoms. The second-order valence-electron chi connectivity index (χ2n) is 7.34. The smallest absolute Gasteiger partial charge is 0.140 e. The fraction of sp³-hybridized carbons (Fsp3) is 0.480. The number of rotatable bonds is 7. The first-order chi connectivity index (χ1) is 15.0. The number of aryl methyl sites for hydroxylation is 1. The van der Waals surface area contributed by atoms with Gasteiger partial charge in [0.2, 0.25) is 0 Å². The Morgan fingerprint density at radius 1 is 1.29 bits per heavy atom. The average Bonchev–Trinajstić information content (AvgIpc) is 2.79. The van der Waals surface area contributed by atoms with Crippen molar-refractivity contribution in [2.75, 3.05) is 31.1 Å². The van der Waals surface area contributed by atoms with Crippen LogP contribution in [-0.4, -0.2) is 36.1 Å². The highest BCUT2D eigenvalue weighted by Gasteiger charge is 2.18. The molecule has 0 radical (unpaired) electrons. The van der Waals surface area contributed by atoms with Crippen molar-refractivity contribution in [3.05, 3.63) is 59.1 Å². The molecule has 0 atom stereocenters. The number of nitriles is 1. The molecule has 1 N–H and O–H groups in total. The number of nitrogens with one attached hydrogen (secondary N) is 1. The highest BCUT2D eigenvalue weighted by molar-refractivity contribution is 9.15. The maximum atomic E-state index is 8.85. The monoisotopic (exact) mass is 485 g/mol. The van der Waals surface area contributed by atoms with Crippen LogP contribution in [0.4, 0.5) is 5.82 Å². The Bertz CT molecular complexity index is 840. The second kappa shape index (κ2) is 15.6. The van der Waals surface area contributed by atoms with Crippen molar-refractivity contribution in [3.63, 3.8) is 0 Å². The van der Waals surface area contributed by atoms with Gasteiger partial charge in [-0.05, 0) is 45.8 Å². The maximum Gasteiger partial charge on any atom is 0.140 e. The number of anilines is 1. The van der Waals surface area contributed by atoms with Crippen molar-refractivity contribution in [2.45, 2.75) is 53.9 Å². The van der Waals surface area contributed by atoms with E-state index in [0.29, 0.717) is 0 Å². The summed E-state index contributed by atoms with van der Waals surface area (Å²) in [5.41, 5.74) is 4.13. The minimum Gasteiger partial charge on any atom is -0.353 e. The summed E-state index contributed by atoms with van der Waals surface area (Å²) in [6.45, 7) is 14.3.